The molecule has 94 valence electrons. The van der Waals surface area contributed by atoms with Crippen LogP contribution in [0.3, 0.4) is 0 Å². The Labute approximate surface area is 108 Å². The molecule has 0 aliphatic rings. The fourth-order valence-corrected chi connectivity index (χ4v) is 1.97. The number of nitrogens with zero attached hydrogens (tertiary/aromatic N) is 2. The van der Waals surface area contributed by atoms with Crippen molar-refractivity contribution in [3.63, 3.8) is 0 Å². The molecule has 3 heteroatoms. The minimum atomic E-state index is -0.509. The van der Waals surface area contributed by atoms with Gasteiger partial charge in [-0.05, 0) is 25.0 Å². The second-order valence-corrected chi connectivity index (χ2v) is 4.38. The third-order valence-corrected chi connectivity index (χ3v) is 2.89. The van der Waals surface area contributed by atoms with Crippen LogP contribution in [0.4, 0.5) is 0 Å². The number of aliphatic hydroxyl groups is 1. The van der Waals surface area contributed by atoms with Crippen molar-refractivity contribution >= 4 is 0 Å². The van der Waals surface area contributed by atoms with Gasteiger partial charge in [-0.25, -0.2) is 9.97 Å². The SMILES string of the molecule is CCc1cc(CC(O)c2ccccc2)nc(C)n1. The Morgan fingerprint density at radius 1 is 1.11 bits per heavy atom. The molecule has 0 aliphatic carbocycles. The quantitative estimate of drug-likeness (QED) is 0.896. The number of aromatic nitrogens is 2. The zero-order valence-corrected chi connectivity index (χ0v) is 10.8. The molecule has 0 aliphatic heterocycles. The average Bonchev–Trinajstić information content (AvgIpc) is 2.39. The lowest BCUT2D eigenvalue weighted by molar-refractivity contribution is 0.177. The molecule has 1 heterocycles. The Hall–Kier alpha value is -1.74. The number of hydrogen-bond acceptors (Lipinski definition) is 3. The first-order chi connectivity index (χ1) is 8.69. The van der Waals surface area contributed by atoms with Crippen molar-refractivity contribution in [2.24, 2.45) is 0 Å². The Balaban J connectivity index is 2.16. The lowest BCUT2D eigenvalue weighted by atomic mass is 10.0. The summed E-state index contributed by atoms with van der Waals surface area (Å²) in [4.78, 5) is 8.72. The van der Waals surface area contributed by atoms with Crippen molar-refractivity contribution in [3.8, 4) is 0 Å². The van der Waals surface area contributed by atoms with Crippen LogP contribution in [0.25, 0.3) is 0 Å². The van der Waals surface area contributed by atoms with Gasteiger partial charge in [0.2, 0.25) is 0 Å². The minimum absolute atomic E-state index is 0.509. The van der Waals surface area contributed by atoms with Crippen LogP contribution < -0.4 is 0 Å². The van der Waals surface area contributed by atoms with Crippen molar-refractivity contribution in [1.82, 2.24) is 9.97 Å². The maximum Gasteiger partial charge on any atom is 0.125 e. The summed E-state index contributed by atoms with van der Waals surface area (Å²) in [7, 11) is 0. The van der Waals surface area contributed by atoms with Gasteiger partial charge in [0.15, 0.2) is 0 Å². The summed E-state index contributed by atoms with van der Waals surface area (Å²) in [6, 6.07) is 11.6. The van der Waals surface area contributed by atoms with Gasteiger partial charge in [-0.3, -0.25) is 0 Å². The maximum atomic E-state index is 10.2. The topological polar surface area (TPSA) is 46.0 Å². The van der Waals surface area contributed by atoms with E-state index in [1.165, 1.54) is 0 Å². The zero-order valence-electron chi connectivity index (χ0n) is 10.8. The molecule has 2 aromatic rings. The van der Waals surface area contributed by atoms with E-state index in [0.29, 0.717) is 6.42 Å². The summed E-state index contributed by atoms with van der Waals surface area (Å²) in [6.45, 7) is 3.96. The smallest absolute Gasteiger partial charge is 0.125 e. The van der Waals surface area contributed by atoms with Gasteiger partial charge in [0.05, 0.1) is 6.10 Å². The van der Waals surface area contributed by atoms with E-state index in [1.807, 2.05) is 43.3 Å². The molecule has 1 unspecified atom stereocenters. The first kappa shape index (κ1) is 12.7. The van der Waals surface area contributed by atoms with Crippen molar-refractivity contribution in [1.29, 1.82) is 0 Å². The van der Waals surface area contributed by atoms with Gasteiger partial charge in [-0.1, -0.05) is 37.3 Å². The predicted octanol–water partition coefficient (Wildman–Crippen LogP) is 2.62. The molecule has 3 nitrogen and oxygen atoms in total. The van der Waals surface area contributed by atoms with E-state index in [1.54, 1.807) is 0 Å². The number of benzene rings is 1. The summed E-state index contributed by atoms with van der Waals surface area (Å²) < 4.78 is 0. The summed E-state index contributed by atoms with van der Waals surface area (Å²) in [5, 5.41) is 10.2. The van der Waals surface area contributed by atoms with Crippen molar-refractivity contribution in [3.05, 3.63) is 59.2 Å². The monoisotopic (exact) mass is 242 g/mol. The van der Waals surface area contributed by atoms with Crippen LogP contribution in [0.2, 0.25) is 0 Å². The summed E-state index contributed by atoms with van der Waals surface area (Å²) in [5.41, 5.74) is 2.85. The molecule has 1 atom stereocenters. The van der Waals surface area contributed by atoms with Crippen LogP contribution in [0.15, 0.2) is 36.4 Å². The van der Waals surface area contributed by atoms with Gasteiger partial charge in [-0.2, -0.15) is 0 Å². The van der Waals surface area contributed by atoms with Crippen LogP contribution in [0.1, 0.15) is 35.8 Å². The number of aryl methyl sites for hydroxylation is 2. The van der Waals surface area contributed by atoms with E-state index < -0.39 is 6.10 Å². The third kappa shape index (κ3) is 3.14. The van der Waals surface area contributed by atoms with Crippen LogP contribution in [0.5, 0.6) is 0 Å². The summed E-state index contributed by atoms with van der Waals surface area (Å²) in [5.74, 6) is 0.768. The highest BCUT2D eigenvalue weighted by Crippen LogP contribution is 2.17. The van der Waals surface area contributed by atoms with Gasteiger partial charge in [0.25, 0.3) is 0 Å². The van der Waals surface area contributed by atoms with E-state index >= 15 is 0 Å². The van der Waals surface area contributed by atoms with Gasteiger partial charge >= 0.3 is 0 Å². The third-order valence-electron chi connectivity index (χ3n) is 2.89. The van der Waals surface area contributed by atoms with E-state index in [0.717, 1.165) is 29.2 Å². The molecule has 1 N–H and O–H groups in total. The molecule has 18 heavy (non-hydrogen) atoms. The largest absolute Gasteiger partial charge is 0.388 e. The molecule has 0 bridgehead atoms. The highest BCUT2D eigenvalue weighted by atomic mass is 16.3. The van der Waals surface area contributed by atoms with Crippen molar-refractivity contribution < 1.29 is 5.11 Å². The van der Waals surface area contributed by atoms with Crippen LogP contribution in [-0.4, -0.2) is 15.1 Å². The van der Waals surface area contributed by atoms with E-state index in [-0.39, 0.29) is 0 Å². The van der Waals surface area contributed by atoms with E-state index in [2.05, 4.69) is 16.9 Å². The number of aliphatic hydroxyl groups excluding tert-OH is 1. The molecule has 0 saturated heterocycles. The molecule has 0 fully saturated rings. The molecule has 1 aromatic heterocycles. The van der Waals surface area contributed by atoms with Crippen LogP contribution >= 0.6 is 0 Å². The normalized spacial score (nSPS) is 12.4. The maximum absolute atomic E-state index is 10.2. The van der Waals surface area contributed by atoms with E-state index in [4.69, 9.17) is 0 Å². The van der Waals surface area contributed by atoms with E-state index in [9.17, 15) is 5.11 Å². The van der Waals surface area contributed by atoms with Gasteiger partial charge < -0.3 is 5.11 Å². The minimum Gasteiger partial charge on any atom is -0.388 e. The molecule has 0 radical (unpaired) electrons. The Morgan fingerprint density at radius 3 is 2.44 bits per heavy atom. The Kier molecular flexibility index (Phi) is 4.05. The van der Waals surface area contributed by atoms with Gasteiger partial charge in [-0.15, -0.1) is 0 Å². The fraction of sp³-hybridized carbons (Fsp3) is 0.333. The molecule has 2 rings (SSSR count). The standard InChI is InChI=1S/C15H18N2O/c1-3-13-9-14(17-11(2)16-13)10-15(18)12-7-5-4-6-8-12/h4-9,15,18H,3,10H2,1-2H3. The van der Waals surface area contributed by atoms with Crippen LogP contribution in [0, 0.1) is 6.92 Å². The van der Waals surface area contributed by atoms with Crippen LogP contribution in [-0.2, 0) is 12.8 Å². The first-order valence-electron chi connectivity index (χ1n) is 6.25. The molecule has 1 aromatic carbocycles. The molecule has 0 amide bonds. The second-order valence-electron chi connectivity index (χ2n) is 4.38. The van der Waals surface area contributed by atoms with Gasteiger partial charge in [0.1, 0.15) is 5.82 Å². The molecular formula is C15H18N2O. The number of hydrogen-bond donors (Lipinski definition) is 1. The lowest BCUT2D eigenvalue weighted by Crippen LogP contribution is -2.06. The van der Waals surface area contributed by atoms with Crippen molar-refractivity contribution in [2.75, 3.05) is 0 Å². The lowest BCUT2D eigenvalue weighted by Gasteiger charge is -2.11. The highest BCUT2D eigenvalue weighted by molar-refractivity contribution is 5.20. The average molecular weight is 242 g/mol. The van der Waals surface area contributed by atoms with Gasteiger partial charge in [0, 0.05) is 17.8 Å². The zero-order chi connectivity index (χ0) is 13.0. The molecule has 0 saturated carbocycles. The van der Waals surface area contributed by atoms with Crippen molar-refractivity contribution in [2.45, 2.75) is 32.8 Å². The fourth-order valence-electron chi connectivity index (χ4n) is 1.97. The Bertz CT molecular complexity index is 511. The second kappa shape index (κ2) is 5.74. The number of rotatable bonds is 4. The molecular weight excluding hydrogens is 224 g/mol. The molecule has 0 spiro atoms. The summed E-state index contributed by atoms with van der Waals surface area (Å²) in [6.07, 6.45) is 0.906. The predicted molar refractivity (Wildman–Crippen MR) is 71.3 cm³/mol. The first-order valence-corrected chi connectivity index (χ1v) is 6.25. The summed E-state index contributed by atoms with van der Waals surface area (Å²) >= 11 is 0. The highest BCUT2D eigenvalue weighted by Gasteiger charge is 2.10. The Morgan fingerprint density at radius 2 is 1.78 bits per heavy atom.